The van der Waals surface area contributed by atoms with Gasteiger partial charge in [0.25, 0.3) is 0 Å². The number of fused-ring (bicyclic) bond motifs is 1. The predicted octanol–water partition coefficient (Wildman–Crippen LogP) is 4.34. The van der Waals surface area contributed by atoms with E-state index in [1.807, 2.05) is 39.0 Å². The summed E-state index contributed by atoms with van der Waals surface area (Å²) >= 11 is 0. The summed E-state index contributed by atoms with van der Waals surface area (Å²) in [7, 11) is 3.20. The zero-order chi connectivity index (χ0) is 22.1. The van der Waals surface area contributed by atoms with Crippen LogP contribution in [0.25, 0.3) is 11.1 Å². The fraction of sp³-hybridized carbons (Fsp3) is 0.227. The number of nitrogens with zero attached hydrogens (tertiary/aromatic N) is 2. The van der Waals surface area contributed by atoms with Gasteiger partial charge in [0.15, 0.2) is 17.1 Å². The van der Waals surface area contributed by atoms with Crippen LogP contribution in [0.2, 0.25) is 0 Å². The van der Waals surface area contributed by atoms with E-state index in [0.29, 0.717) is 34.4 Å². The topological polar surface area (TPSA) is 114 Å². The fourth-order valence-corrected chi connectivity index (χ4v) is 3.42. The van der Waals surface area contributed by atoms with Gasteiger partial charge < -0.3 is 24.5 Å². The quantitative estimate of drug-likeness (QED) is 0.421. The number of nitrogens with one attached hydrogen (secondary N) is 3. The third kappa shape index (κ3) is 4.02. The monoisotopic (exact) mass is 421 g/mol. The highest BCUT2D eigenvalue weighted by Crippen LogP contribution is 2.35. The van der Waals surface area contributed by atoms with Gasteiger partial charge in [-0.1, -0.05) is 0 Å². The first-order valence-electron chi connectivity index (χ1n) is 9.61. The highest BCUT2D eigenvalue weighted by Gasteiger charge is 2.12. The Morgan fingerprint density at radius 3 is 2.42 bits per heavy atom. The van der Waals surface area contributed by atoms with E-state index in [9.17, 15) is 4.79 Å². The average molecular weight is 421 g/mol. The molecule has 3 N–H and O–H groups in total. The summed E-state index contributed by atoms with van der Waals surface area (Å²) in [4.78, 5) is 23.2. The number of methoxy groups -OCH3 is 2. The number of hydrogen-bond donors (Lipinski definition) is 3. The average Bonchev–Trinajstić information content (AvgIpc) is 3.11. The van der Waals surface area contributed by atoms with Crippen LogP contribution in [0.4, 0.5) is 23.1 Å². The molecule has 0 spiro atoms. The zero-order valence-electron chi connectivity index (χ0n) is 17.9. The van der Waals surface area contributed by atoms with Crippen molar-refractivity contribution in [2.24, 2.45) is 0 Å². The molecule has 0 amide bonds. The molecule has 4 rings (SSSR count). The number of rotatable bonds is 6. The first kappa shape index (κ1) is 20.3. The maximum absolute atomic E-state index is 11.5. The van der Waals surface area contributed by atoms with Crippen molar-refractivity contribution in [3.63, 3.8) is 0 Å². The van der Waals surface area contributed by atoms with Crippen LogP contribution in [-0.2, 0) is 0 Å². The number of ether oxygens (including phenoxy) is 2. The molecule has 0 radical (unpaired) electrons. The lowest BCUT2D eigenvalue weighted by atomic mass is 10.2. The van der Waals surface area contributed by atoms with E-state index in [4.69, 9.17) is 13.9 Å². The number of aryl methyl sites for hydroxylation is 3. The maximum Gasteiger partial charge on any atom is 0.417 e. The number of oxazole rings is 1. The lowest BCUT2D eigenvalue weighted by molar-refractivity contribution is 0.353. The normalized spacial score (nSPS) is 10.9. The predicted molar refractivity (Wildman–Crippen MR) is 119 cm³/mol. The molecule has 160 valence electrons. The molecule has 0 saturated carbocycles. The number of hydrogen-bond acceptors (Lipinski definition) is 8. The standard InChI is InChI=1S/C22H23N5O4/c1-11-6-14(8-16-18(11)31-22(28)26-16)24-20-13(3)10-23-21(27-20)25-15-7-12(2)19(30-5)17(9-15)29-4/h6-10H,1-5H3,(H,26,28)(H2,23,24,25,27). The molecule has 0 atom stereocenters. The van der Waals surface area contributed by atoms with Crippen LogP contribution in [0, 0.1) is 20.8 Å². The second kappa shape index (κ2) is 8.02. The molecule has 0 saturated heterocycles. The van der Waals surface area contributed by atoms with Gasteiger partial charge in [-0.25, -0.2) is 9.78 Å². The first-order chi connectivity index (χ1) is 14.9. The number of benzene rings is 2. The van der Waals surface area contributed by atoms with Crippen molar-refractivity contribution in [1.82, 2.24) is 15.0 Å². The van der Waals surface area contributed by atoms with Crippen molar-refractivity contribution < 1.29 is 13.9 Å². The highest BCUT2D eigenvalue weighted by atomic mass is 16.5. The van der Waals surface area contributed by atoms with E-state index in [1.54, 1.807) is 26.5 Å². The molecule has 0 bridgehead atoms. The smallest absolute Gasteiger partial charge is 0.417 e. The third-order valence-electron chi connectivity index (χ3n) is 4.86. The molecule has 0 aliphatic rings. The van der Waals surface area contributed by atoms with Gasteiger partial charge in [-0.2, -0.15) is 4.98 Å². The lowest BCUT2D eigenvalue weighted by Gasteiger charge is -2.14. The van der Waals surface area contributed by atoms with Crippen LogP contribution in [0.3, 0.4) is 0 Å². The van der Waals surface area contributed by atoms with Crippen LogP contribution < -0.4 is 25.9 Å². The Balaban J connectivity index is 1.64. The van der Waals surface area contributed by atoms with Crippen molar-refractivity contribution in [2.75, 3.05) is 24.9 Å². The Morgan fingerprint density at radius 1 is 0.935 bits per heavy atom. The Kier molecular flexibility index (Phi) is 5.24. The summed E-state index contributed by atoms with van der Waals surface area (Å²) in [6.45, 7) is 5.73. The van der Waals surface area contributed by atoms with Crippen LogP contribution in [0.1, 0.15) is 16.7 Å². The van der Waals surface area contributed by atoms with Gasteiger partial charge in [0.05, 0.1) is 19.7 Å². The van der Waals surface area contributed by atoms with E-state index in [1.165, 1.54) is 0 Å². The van der Waals surface area contributed by atoms with Gasteiger partial charge >= 0.3 is 5.76 Å². The summed E-state index contributed by atoms with van der Waals surface area (Å²) < 4.78 is 16.0. The lowest BCUT2D eigenvalue weighted by Crippen LogP contribution is -2.04. The number of aromatic nitrogens is 3. The minimum absolute atomic E-state index is 0.425. The molecule has 0 unspecified atom stereocenters. The van der Waals surface area contributed by atoms with Gasteiger partial charge in [0.1, 0.15) is 5.82 Å². The molecule has 9 heteroatoms. The van der Waals surface area contributed by atoms with Crippen LogP contribution in [0.15, 0.2) is 39.7 Å². The van der Waals surface area contributed by atoms with Gasteiger partial charge in [-0.3, -0.25) is 4.98 Å². The Bertz CT molecular complexity index is 1330. The zero-order valence-corrected chi connectivity index (χ0v) is 17.9. The Morgan fingerprint density at radius 2 is 1.68 bits per heavy atom. The van der Waals surface area contributed by atoms with Crippen molar-refractivity contribution in [2.45, 2.75) is 20.8 Å². The van der Waals surface area contributed by atoms with E-state index in [2.05, 4.69) is 25.6 Å². The number of H-pyrrole nitrogens is 1. The van der Waals surface area contributed by atoms with Crippen LogP contribution in [-0.4, -0.2) is 29.2 Å². The first-order valence-corrected chi connectivity index (χ1v) is 9.61. The Labute approximate surface area is 178 Å². The molecule has 2 aromatic heterocycles. The van der Waals surface area contributed by atoms with Crippen molar-refractivity contribution in [3.8, 4) is 11.5 Å². The summed E-state index contributed by atoms with van der Waals surface area (Å²) in [5.41, 5.74) is 5.35. The molecule has 9 nitrogen and oxygen atoms in total. The fourth-order valence-electron chi connectivity index (χ4n) is 3.42. The summed E-state index contributed by atoms with van der Waals surface area (Å²) in [6.07, 6.45) is 1.73. The molecule has 31 heavy (non-hydrogen) atoms. The number of anilines is 4. The Hall–Kier alpha value is -4.01. The van der Waals surface area contributed by atoms with Gasteiger partial charge in [-0.05, 0) is 50.1 Å². The van der Waals surface area contributed by atoms with E-state index in [-0.39, 0.29) is 0 Å². The molecule has 0 fully saturated rings. The molecular formula is C22H23N5O4. The molecule has 0 aliphatic heterocycles. The van der Waals surface area contributed by atoms with Crippen molar-refractivity contribution in [3.05, 3.63) is 57.7 Å². The van der Waals surface area contributed by atoms with Gasteiger partial charge in [0.2, 0.25) is 5.95 Å². The molecule has 0 aliphatic carbocycles. The summed E-state index contributed by atoms with van der Waals surface area (Å²) in [6, 6.07) is 7.46. The van der Waals surface area contributed by atoms with Gasteiger partial charge in [0, 0.05) is 29.2 Å². The van der Waals surface area contributed by atoms with Crippen molar-refractivity contribution in [1.29, 1.82) is 0 Å². The molecule has 2 aromatic carbocycles. The summed E-state index contributed by atoms with van der Waals surface area (Å²) in [5, 5.41) is 6.50. The second-order valence-electron chi connectivity index (χ2n) is 7.19. The highest BCUT2D eigenvalue weighted by molar-refractivity contribution is 5.81. The van der Waals surface area contributed by atoms with Crippen molar-refractivity contribution >= 4 is 34.2 Å². The van der Waals surface area contributed by atoms with Crippen LogP contribution in [0.5, 0.6) is 11.5 Å². The third-order valence-corrected chi connectivity index (χ3v) is 4.86. The SMILES string of the molecule is COc1cc(Nc2ncc(C)c(Nc3cc(C)c4oc(=O)[nH]c4c3)n2)cc(C)c1OC. The van der Waals surface area contributed by atoms with E-state index >= 15 is 0 Å². The largest absolute Gasteiger partial charge is 0.493 e. The molecular weight excluding hydrogens is 398 g/mol. The number of aromatic amines is 1. The minimum Gasteiger partial charge on any atom is -0.493 e. The second-order valence-corrected chi connectivity index (χ2v) is 7.19. The van der Waals surface area contributed by atoms with E-state index < -0.39 is 5.76 Å². The maximum atomic E-state index is 11.5. The van der Waals surface area contributed by atoms with Gasteiger partial charge in [-0.15, -0.1) is 0 Å². The van der Waals surface area contributed by atoms with Crippen LogP contribution >= 0.6 is 0 Å². The molecule has 2 heterocycles. The van der Waals surface area contributed by atoms with E-state index in [0.717, 1.165) is 28.1 Å². The molecule has 4 aromatic rings. The minimum atomic E-state index is -0.481. The summed E-state index contributed by atoms with van der Waals surface area (Å²) in [5.74, 6) is 1.88.